The van der Waals surface area contributed by atoms with Crippen molar-refractivity contribution in [2.24, 2.45) is 0 Å². The highest BCUT2D eigenvalue weighted by Gasteiger charge is 2.12. The first kappa shape index (κ1) is 20.6. The summed E-state index contributed by atoms with van der Waals surface area (Å²) >= 11 is 1.57. The summed E-state index contributed by atoms with van der Waals surface area (Å²) in [4.78, 5) is 36.6. The number of nitrogens with one attached hydrogen (secondary N) is 1. The fraction of sp³-hybridized carbons (Fsp3) is 0.250. The van der Waals surface area contributed by atoms with Gasteiger partial charge in [0, 0.05) is 22.6 Å². The molecule has 0 atom stereocenters. The van der Waals surface area contributed by atoms with Crippen LogP contribution in [0.4, 0.5) is 10.1 Å². The third kappa shape index (κ3) is 6.53. The summed E-state index contributed by atoms with van der Waals surface area (Å²) in [6, 6.07) is 11.4. The predicted molar refractivity (Wildman–Crippen MR) is 103 cm³/mol. The van der Waals surface area contributed by atoms with Crippen LogP contribution in [0, 0.1) is 12.7 Å². The van der Waals surface area contributed by atoms with E-state index in [1.165, 1.54) is 12.1 Å². The van der Waals surface area contributed by atoms with Gasteiger partial charge in [0.15, 0.2) is 12.4 Å². The summed E-state index contributed by atoms with van der Waals surface area (Å²) in [7, 11) is 0. The lowest BCUT2D eigenvalue weighted by Gasteiger charge is -2.07. The fourth-order valence-corrected chi connectivity index (χ4v) is 2.63. The minimum atomic E-state index is -0.644. The predicted octanol–water partition coefficient (Wildman–Crippen LogP) is 4.00. The number of hydrogen-bond acceptors (Lipinski definition) is 5. The average Bonchev–Trinajstić information content (AvgIpc) is 2.67. The molecule has 0 spiro atoms. The van der Waals surface area contributed by atoms with Gasteiger partial charge in [-0.1, -0.05) is 18.2 Å². The van der Waals surface area contributed by atoms with Crippen molar-refractivity contribution in [3.05, 3.63) is 59.4 Å². The lowest BCUT2D eigenvalue weighted by Crippen LogP contribution is -2.21. The van der Waals surface area contributed by atoms with E-state index in [1.54, 1.807) is 36.9 Å². The number of thioether (sulfide) groups is 1. The standard InChI is InChI=1S/C20H20FNO4S/c1-13-3-6-15(11-17(13)21)22-19(24)12-26-20(25)10-9-18(23)14-4-7-16(27-2)8-5-14/h3-8,11H,9-10,12H2,1-2H3,(H,22,24). The Balaban J connectivity index is 1.74. The molecule has 0 aliphatic rings. The van der Waals surface area contributed by atoms with Crippen LogP contribution in [0.2, 0.25) is 0 Å². The number of amides is 1. The van der Waals surface area contributed by atoms with Crippen molar-refractivity contribution in [2.45, 2.75) is 24.7 Å². The van der Waals surface area contributed by atoms with Crippen LogP contribution in [-0.2, 0) is 14.3 Å². The average molecular weight is 389 g/mol. The van der Waals surface area contributed by atoms with Crippen molar-refractivity contribution in [3.63, 3.8) is 0 Å². The highest BCUT2D eigenvalue weighted by Crippen LogP contribution is 2.16. The molecule has 0 aliphatic carbocycles. The summed E-state index contributed by atoms with van der Waals surface area (Å²) in [6.07, 6.45) is 1.83. The Morgan fingerprint density at radius 1 is 1.07 bits per heavy atom. The van der Waals surface area contributed by atoms with Gasteiger partial charge in [0.25, 0.3) is 5.91 Å². The van der Waals surface area contributed by atoms with Crippen molar-refractivity contribution in [3.8, 4) is 0 Å². The summed E-state index contributed by atoms with van der Waals surface area (Å²) in [6.45, 7) is 1.12. The van der Waals surface area contributed by atoms with Crippen molar-refractivity contribution in [1.29, 1.82) is 0 Å². The van der Waals surface area contributed by atoms with Gasteiger partial charge < -0.3 is 10.1 Å². The zero-order valence-electron chi connectivity index (χ0n) is 15.1. The summed E-state index contributed by atoms with van der Waals surface area (Å²) in [5.41, 5.74) is 1.27. The molecular formula is C20H20FNO4S. The molecule has 5 nitrogen and oxygen atoms in total. The van der Waals surface area contributed by atoms with Crippen molar-refractivity contribution < 1.29 is 23.5 Å². The first-order valence-electron chi connectivity index (χ1n) is 8.28. The number of aryl methyl sites for hydroxylation is 1. The normalized spacial score (nSPS) is 10.3. The van der Waals surface area contributed by atoms with E-state index >= 15 is 0 Å². The lowest BCUT2D eigenvalue weighted by molar-refractivity contribution is -0.147. The third-order valence-corrected chi connectivity index (χ3v) is 4.53. The highest BCUT2D eigenvalue weighted by molar-refractivity contribution is 7.98. The number of benzene rings is 2. The molecule has 2 aromatic carbocycles. The molecule has 0 saturated heterocycles. The van der Waals surface area contributed by atoms with Crippen LogP contribution in [-0.4, -0.2) is 30.5 Å². The molecule has 142 valence electrons. The number of halogens is 1. The molecule has 0 unspecified atom stereocenters. The number of carbonyl (C=O) groups excluding carboxylic acids is 3. The maximum atomic E-state index is 13.4. The van der Waals surface area contributed by atoms with E-state index in [-0.39, 0.29) is 24.3 Å². The molecule has 0 fully saturated rings. The van der Waals surface area contributed by atoms with Gasteiger partial charge in [0.1, 0.15) is 5.82 Å². The van der Waals surface area contributed by atoms with Crippen LogP contribution < -0.4 is 5.32 Å². The van der Waals surface area contributed by atoms with Crippen LogP contribution in [0.1, 0.15) is 28.8 Å². The first-order chi connectivity index (χ1) is 12.9. The molecule has 0 heterocycles. The summed E-state index contributed by atoms with van der Waals surface area (Å²) < 4.78 is 18.3. The van der Waals surface area contributed by atoms with E-state index in [0.29, 0.717) is 11.1 Å². The van der Waals surface area contributed by atoms with Crippen LogP contribution in [0.25, 0.3) is 0 Å². The van der Waals surface area contributed by atoms with E-state index in [9.17, 15) is 18.8 Å². The SMILES string of the molecule is CSc1ccc(C(=O)CCC(=O)OCC(=O)Nc2ccc(C)c(F)c2)cc1. The second kappa shape index (κ2) is 9.87. The molecular weight excluding hydrogens is 369 g/mol. The Kier molecular flexibility index (Phi) is 7.55. The molecule has 2 aromatic rings. The molecule has 0 saturated carbocycles. The molecule has 2 rings (SSSR count). The molecule has 7 heteroatoms. The number of anilines is 1. The topological polar surface area (TPSA) is 72.5 Å². The Bertz CT molecular complexity index is 836. The van der Waals surface area contributed by atoms with Crippen LogP contribution in [0.15, 0.2) is 47.4 Å². The number of hydrogen-bond donors (Lipinski definition) is 1. The van der Waals surface area contributed by atoms with Gasteiger partial charge in [0.2, 0.25) is 0 Å². The minimum Gasteiger partial charge on any atom is -0.456 e. The molecule has 0 aromatic heterocycles. The number of esters is 1. The molecule has 0 radical (unpaired) electrons. The Labute approximate surface area is 161 Å². The smallest absolute Gasteiger partial charge is 0.306 e. The largest absolute Gasteiger partial charge is 0.456 e. The fourth-order valence-electron chi connectivity index (χ4n) is 2.22. The summed E-state index contributed by atoms with van der Waals surface area (Å²) in [5, 5.41) is 2.44. The van der Waals surface area contributed by atoms with E-state index in [2.05, 4.69) is 5.32 Å². The van der Waals surface area contributed by atoms with Gasteiger partial charge in [-0.05, 0) is 43.0 Å². The minimum absolute atomic E-state index is 0.00222. The quantitative estimate of drug-likeness (QED) is 0.420. The second-order valence-corrected chi connectivity index (χ2v) is 6.70. The number of Topliss-reactive ketones (excluding diaryl/α,β-unsaturated/α-hetero) is 1. The molecule has 1 amide bonds. The van der Waals surface area contributed by atoms with Crippen molar-refractivity contribution in [1.82, 2.24) is 0 Å². The maximum Gasteiger partial charge on any atom is 0.306 e. The molecule has 1 N–H and O–H groups in total. The van der Waals surface area contributed by atoms with Gasteiger partial charge in [-0.3, -0.25) is 14.4 Å². The van der Waals surface area contributed by atoms with Crippen molar-refractivity contribution >= 4 is 35.1 Å². The van der Waals surface area contributed by atoms with Crippen LogP contribution >= 0.6 is 11.8 Å². The van der Waals surface area contributed by atoms with Gasteiger partial charge in [-0.25, -0.2) is 4.39 Å². The zero-order valence-corrected chi connectivity index (χ0v) is 15.9. The van der Waals surface area contributed by atoms with Gasteiger partial charge in [0.05, 0.1) is 6.42 Å². The van der Waals surface area contributed by atoms with Crippen LogP contribution in [0.5, 0.6) is 0 Å². The van der Waals surface area contributed by atoms with Gasteiger partial charge >= 0.3 is 5.97 Å². The van der Waals surface area contributed by atoms with Crippen molar-refractivity contribution in [2.75, 3.05) is 18.2 Å². The second-order valence-electron chi connectivity index (χ2n) is 5.82. The number of carbonyl (C=O) groups is 3. The third-order valence-electron chi connectivity index (χ3n) is 3.79. The number of ether oxygens (including phenoxy) is 1. The first-order valence-corrected chi connectivity index (χ1v) is 9.50. The molecule has 27 heavy (non-hydrogen) atoms. The van der Waals surface area contributed by atoms with E-state index in [0.717, 1.165) is 4.90 Å². The van der Waals surface area contributed by atoms with E-state index < -0.39 is 24.3 Å². The lowest BCUT2D eigenvalue weighted by atomic mass is 10.1. The number of rotatable bonds is 8. The molecule has 0 aliphatic heterocycles. The van der Waals surface area contributed by atoms with E-state index in [1.807, 2.05) is 18.4 Å². The monoisotopic (exact) mass is 389 g/mol. The van der Waals surface area contributed by atoms with Crippen LogP contribution in [0.3, 0.4) is 0 Å². The van der Waals surface area contributed by atoms with Gasteiger partial charge in [-0.15, -0.1) is 11.8 Å². The van der Waals surface area contributed by atoms with E-state index in [4.69, 9.17) is 4.74 Å². The highest BCUT2D eigenvalue weighted by atomic mass is 32.2. The maximum absolute atomic E-state index is 13.4. The van der Waals surface area contributed by atoms with Gasteiger partial charge in [-0.2, -0.15) is 0 Å². The zero-order chi connectivity index (χ0) is 19.8. The Morgan fingerprint density at radius 3 is 2.41 bits per heavy atom. The number of ketones is 1. The molecule has 0 bridgehead atoms. The Hall–Kier alpha value is -2.67. The Morgan fingerprint density at radius 2 is 1.78 bits per heavy atom. The summed E-state index contributed by atoms with van der Waals surface area (Å²) in [5.74, 6) is -1.83.